The van der Waals surface area contributed by atoms with Crippen molar-refractivity contribution < 1.29 is 48.7 Å². The second-order valence-electron chi connectivity index (χ2n) is 2.71. The van der Waals surface area contributed by atoms with Crippen molar-refractivity contribution in [3.8, 4) is 0 Å². The van der Waals surface area contributed by atoms with E-state index in [0.717, 1.165) is 6.07 Å². The van der Waals surface area contributed by atoms with E-state index in [2.05, 4.69) is 12.6 Å². The summed E-state index contributed by atoms with van der Waals surface area (Å²) in [5.74, 6) is -0.275. The zero-order chi connectivity index (χ0) is 10.9. The van der Waals surface area contributed by atoms with Gasteiger partial charge in [0.1, 0.15) is 4.90 Å². The van der Waals surface area contributed by atoms with Crippen molar-refractivity contribution in [3.05, 3.63) is 23.8 Å². The molecule has 4 nitrogen and oxygen atoms in total. The summed E-state index contributed by atoms with van der Waals surface area (Å²) in [6.07, 6.45) is 0. The molecular weight excluding hydrogens is 247 g/mol. The van der Waals surface area contributed by atoms with Gasteiger partial charge in [0.15, 0.2) is 5.78 Å². The monoisotopic (exact) mass is 256 g/mol. The Morgan fingerprint density at radius 3 is 2.40 bits per heavy atom. The standard InChI is InChI=1S/C8H8O4S2.Na.H/c1-5(9)6-2-3-7(13)8(4-6)14(10,11)12;;/h2-4,13H,1H3,(H,10,11,12);;/q;+1;-1. The summed E-state index contributed by atoms with van der Waals surface area (Å²) in [5, 5.41) is 0. The maximum absolute atomic E-state index is 10.9. The number of carbonyl (C=O) groups is 1. The minimum Gasteiger partial charge on any atom is -1.00 e. The molecule has 0 unspecified atom stereocenters. The van der Waals surface area contributed by atoms with Gasteiger partial charge < -0.3 is 1.43 Å². The molecule has 0 bridgehead atoms. The zero-order valence-electron chi connectivity index (χ0n) is 9.26. The molecule has 0 spiro atoms. The average molecular weight is 256 g/mol. The van der Waals surface area contributed by atoms with Gasteiger partial charge in [-0.2, -0.15) is 8.42 Å². The molecule has 0 aliphatic heterocycles. The first-order chi connectivity index (χ1) is 6.32. The van der Waals surface area contributed by atoms with Gasteiger partial charge in [-0.05, 0) is 19.1 Å². The topological polar surface area (TPSA) is 71.4 Å². The number of carbonyl (C=O) groups excluding carboxylic acids is 1. The van der Waals surface area contributed by atoms with Crippen LogP contribution in [0.15, 0.2) is 28.0 Å². The van der Waals surface area contributed by atoms with Gasteiger partial charge in [-0.15, -0.1) is 12.6 Å². The summed E-state index contributed by atoms with van der Waals surface area (Å²) < 4.78 is 30.4. The van der Waals surface area contributed by atoms with Crippen LogP contribution in [0.3, 0.4) is 0 Å². The van der Waals surface area contributed by atoms with Gasteiger partial charge in [0, 0.05) is 10.5 Å². The molecule has 1 aromatic carbocycles. The minimum atomic E-state index is -4.32. The Kier molecular flexibility index (Phi) is 5.52. The van der Waals surface area contributed by atoms with Crippen molar-refractivity contribution in [1.82, 2.24) is 0 Å². The van der Waals surface area contributed by atoms with E-state index in [9.17, 15) is 13.2 Å². The van der Waals surface area contributed by atoms with Gasteiger partial charge in [-0.25, -0.2) is 0 Å². The third kappa shape index (κ3) is 3.90. The molecule has 0 heterocycles. The Labute approximate surface area is 117 Å². The molecule has 0 fully saturated rings. The van der Waals surface area contributed by atoms with E-state index in [0.29, 0.717) is 0 Å². The summed E-state index contributed by atoms with van der Waals surface area (Å²) in [7, 11) is -4.32. The van der Waals surface area contributed by atoms with Crippen LogP contribution in [-0.2, 0) is 10.1 Å². The van der Waals surface area contributed by atoms with E-state index in [-0.39, 0.29) is 52.1 Å². The summed E-state index contributed by atoms with van der Waals surface area (Å²) in [5.41, 5.74) is 0.218. The molecule has 0 atom stereocenters. The van der Waals surface area contributed by atoms with E-state index in [1.54, 1.807) is 0 Å². The minimum absolute atomic E-state index is 0. The van der Waals surface area contributed by atoms with Gasteiger partial charge in [-0.1, -0.05) is 6.07 Å². The van der Waals surface area contributed by atoms with Crippen molar-refractivity contribution in [2.45, 2.75) is 16.7 Å². The fourth-order valence-corrected chi connectivity index (χ4v) is 2.03. The van der Waals surface area contributed by atoms with Crippen LogP contribution >= 0.6 is 12.6 Å². The van der Waals surface area contributed by atoms with Crippen molar-refractivity contribution in [3.63, 3.8) is 0 Å². The van der Waals surface area contributed by atoms with Gasteiger partial charge in [0.25, 0.3) is 10.1 Å². The zero-order valence-corrected chi connectivity index (χ0v) is 12.0. The molecule has 78 valence electrons. The fourth-order valence-electron chi connectivity index (χ4n) is 0.940. The molecule has 1 aromatic rings. The van der Waals surface area contributed by atoms with E-state index in [1.165, 1.54) is 19.1 Å². The summed E-state index contributed by atoms with van der Waals surface area (Å²) >= 11 is 3.86. The SMILES string of the molecule is CC(=O)c1ccc(S)c(S(=O)(=O)O)c1.[H-].[Na+]. The predicted molar refractivity (Wildman–Crippen MR) is 54.6 cm³/mol. The van der Waals surface area contributed by atoms with Crippen molar-refractivity contribution in [2.75, 3.05) is 0 Å². The maximum atomic E-state index is 10.9. The van der Waals surface area contributed by atoms with E-state index in [1.807, 2.05) is 0 Å². The number of Topliss-reactive ketones (excluding diaryl/α,β-unsaturated/α-hetero) is 1. The third-order valence-corrected chi connectivity index (χ3v) is 3.08. The van der Waals surface area contributed by atoms with Gasteiger partial charge in [0.05, 0.1) is 0 Å². The van der Waals surface area contributed by atoms with Crippen LogP contribution in [0.25, 0.3) is 0 Å². The molecule has 0 saturated carbocycles. The molecule has 15 heavy (non-hydrogen) atoms. The molecule has 0 saturated heterocycles. The molecule has 0 aromatic heterocycles. The second-order valence-corrected chi connectivity index (χ2v) is 4.59. The maximum Gasteiger partial charge on any atom is 1.00 e. The third-order valence-electron chi connectivity index (χ3n) is 1.64. The van der Waals surface area contributed by atoms with Crippen LogP contribution in [0.1, 0.15) is 18.7 Å². The fraction of sp³-hybridized carbons (Fsp3) is 0.125. The Morgan fingerprint density at radius 1 is 1.47 bits per heavy atom. The Hall–Kier alpha value is 0.150. The largest absolute Gasteiger partial charge is 1.00 e. The molecule has 0 amide bonds. The molecule has 0 radical (unpaired) electrons. The van der Waals surface area contributed by atoms with Crippen LogP contribution in [0.4, 0.5) is 0 Å². The number of rotatable bonds is 2. The summed E-state index contributed by atoms with van der Waals surface area (Å²) in [6, 6.07) is 3.89. The molecule has 0 aliphatic carbocycles. The normalized spacial score (nSPS) is 10.6. The van der Waals surface area contributed by atoms with E-state index in [4.69, 9.17) is 4.55 Å². The number of thiol groups is 1. The molecule has 0 aliphatic rings. The Morgan fingerprint density at radius 2 is 2.00 bits per heavy atom. The van der Waals surface area contributed by atoms with Gasteiger partial charge >= 0.3 is 29.6 Å². The van der Waals surface area contributed by atoms with Gasteiger partial charge in [-0.3, -0.25) is 9.35 Å². The predicted octanol–water partition coefficient (Wildman–Crippen LogP) is -1.46. The van der Waals surface area contributed by atoms with E-state index < -0.39 is 10.1 Å². The van der Waals surface area contributed by atoms with E-state index >= 15 is 0 Å². The molecule has 1 N–H and O–H groups in total. The summed E-state index contributed by atoms with van der Waals surface area (Å²) in [6.45, 7) is 1.31. The van der Waals surface area contributed by atoms with Crippen molar-refractivity contribution >= 4 is 28.5 Å². The van der Waals surface area contributed by atoms with Crippen molar-refractivity contribution in [2.24, 2.45) is 0 Å². The molecule has 1 rings (SSSR count). The van der Waals surface area contributed by atoms with Crippen LogP contribution in [-0.4, -0.2) is 18.8 Å². The summed E-state index contributed by atoms with van der Waals surface area (Å²) in [4.78, 5) is 10.7. The quantitative estimate of drug-likeness (QED) is 0.294. The number of hydrogen-bond donors (Lipinski definition) is 2. The number of ketones is 1. The smallest absolute Gasteiger partial charge is 1.00 e. The first-order valence-electron chi connectivity index (χ1n) is 3.64. The second kappa shape index (κ2) is 5.47. The molecular formula is C8H9NaO4S2. The van der Waals surface area contributed by atoms with Crippen LogP contribution in [0, 0.1) is 0 Å². The van der Waals surface area contributed by atoms with Crippen molar-refractivity contribution in [1.29, 1.82) is 0 Å². The van der Waals surface area contributed by atoms with Crippen LogP contribution in [0.2, 0.25) is 0 Å². The number of benzene rings is 1. The number of hydrogen-bond acceptors (Lipinski definition) is 4. The van der Waals surface area contributed by atoms with Crippen LogP contribution < -0.4 is 29.6 Å². The first kappa shape index (κ1) is 15.2. The molecule has 7 heteroatoms. The first-order valence-corrected chi connectivity index (χ1v) is 5.52. The van der Waals surface area contributed by atoms with Gasteiger partial charge in [0.2, 0.25) is 0 Å². The average Bonchev–Trinajstić information content (AvgIpc) is 2.02. The van der Waals surface area contributed by atoms with Crippen LogP contribution in [0.5, 0.6) is 0 Å². The Bertz CT molecular complexity index is 487. The Balaban J connectivity index is 0.